The van der Waals surface area contributed by atoms with Crippen molar-refractivity contribution in [1.29, 1.82) is 0 Å². The number of ether oxygens (including phenoxy) is 2. The second-order valence-corrected chi connectivity index (χ2v) is 21.8. The number of alkyl carbamates (subject to hydrolysis) is 1. The number of benzene rings is 3. The number of aromatic amines is 2. The predicted octanol–water partition coefficient (Wildman–Crippen LogP) is 9.65. The van der Waals surface area contributed by atoms with E-state index >= 15 is 0 Å². The number of rotatable bonds is 13. The summed E-state index contributed by atoms with van der Waals surface area (Å²) in [7, 11) is 2.98. The first-order valence-corrected chi connectivity index (χ1v) is 25.5. The predicted molar refractivity (Wildman–Crippen MR) is 262 cm³/mol. The van der Waals surface area contributed by atoms with Crippen molar-refractivity contribution >= 4 is 28.9 Å². The van der Waals surface area contributed by atoms with Gasteiger partial charge < -0.3 is 34.6 Å². The number of H-pyrrole nitrogens is 2. The summed E-state index contributed by atoms with van der Waals surface area (Å²) in [4.78, 5) is 62.2. The minimum absolute atomic E-state index is 0.0561. The van der Waals surface area contributed by atoms with Gasteiger partial charge in [-0.3, -0.25) is 14.9 Å². The van der Waals surface area contributed by atoms with Crippen LogP contribution >= 0.6 is 0 Å². The molecule has 5 aromatic rings. The molecule has 2 aliphatic heterocycles. The van der Waals surface area contributed by atoms with Crippen LogP contribution in [0.4, 0.5) is 4.79 Å². The highest BCUT2D eigenvalue weighted by Crippen LogP contribution is 2.54. The van der Waals surface area contributed by atoms with E-state index in [0.29, 0.717) is 24.0 Å². The van der Waals surface area contributed by atoms with E-state index in [1.165, 1.54) is 66.2 Å². The molecule has 4 bridgehead atoms. The molecule has 4 heterocycles. The van der Waals surface area contributed by atoms with E-state index in [1.807, 2.05) is 24.9 Å². The summed E-state index contributed by atoms with van der Waals surface area (Å²) in [5, 5.41) is 6.15. The molecule has 358 valence electrons. The molecule has 5 fully saturated rings. The molecule has 6 aliphatic rings. The fourth-order valence-electron chi connectivity index (χ4n) is 13.8. The maximum Gasteiger partial charge on any atom is 0.407 e. The normalized spacial score (nSPS) is 25.4. The highest BCUT2D eigenvalue weighted by atomic mass is 16.5. The van der Waals surface area contributed by atoms with Gasteiger partial charge in [-0.25, -0.2) is 14.8 Å². The molecule has 8 unspecified atom stereocenters. The van der Waals surface area contributed by atoms with E-state index in [1.54, 1.807) is 7.11 Å². The average molecular weight is 921 g/mol. The van der Waals surface area contributed by atoms with Gasteiger partial charge in [0.1, 0.15) is 17.7 Å². The zero-order chi connectivity index (χ0) is 47.0. The number of aromatic nitrogens is 4. The number of carbonyl (C=O) groups excluding carboxylic acids is 3. The Kier molecular flexibility index (Phi) is 11.7. The smallest absolute Gasteiger partial charge is 0.407 e. The lowest BCUT2D eigenvalue weighted by Crippen LogP contribution is -2.54. The van der Waals surface area contributed by atoms with Crippen molar-refractivity contribution in [3.8, 4) is 33.5 Å². The minimum atomic E-state index is -0.672. The summed E-state index contributed by atoms with van der Waals surface area (Å²) in [5.41, 5.74) is 12.2. The van der Waals surface area contributed by atoms with E-state index in [2.05, 4.69) is 93.9 Å². The largest absolute Gasteiger partial charge is 0.453 e. The van der Waals surface area contributed by atoms with Crippen molar-refractivity contribution in [3.63, 3.8) is 0 Å². The molecular formula is C55H68N8O5. The number of amides is 3. The number of imidazole rings is 2. The van der Waals surface area contributed by atoms with Gasteiger partial charge in [0.15, 0.2) is 0 Å². The molecule has 13 heteroatoms. The summed E-state index contributed by atoms with van der Waals surface area (Å²) < 4.78 is 10.2. The Hall–Kier alpha value is -5.53. The van der Waals surface area contributed by atoms with Gasteiger partial charge in [0.05, 0.1) is 54.9 Å². The number of likely N-dealkylation sites (tertiary alicyclic amines) is 2. The second kappa shape index (κ2) is 17.8. The molecule has 3 saturated carbocycles. The monoisotopic (exact) mass is 921 g/mol. The quantitative estimate of drug-likeness (QED) is 0.0851. The zero-order valence-corrected chi connectivity index (χ0v) is 40.6. The number of methoxy groups -OCH3 is 2. The van der Waals surface area contributed by atoms with Gasteiger partial charge in [-0.05, 0) is 144 Å². The number of fused-ring (bicyclic) bond motifs is 6. The lowest BCUT2D eigenvalue weighted by molar-refractivity contribution is -0.140. The average Bonchev–Trinajstić information content (AvgIpc) is 4.21. The van der Waals surface area contributed by atoms with Crippen LogP contribution in [-0.2, 0) is 31.9 Å². The lowest BCUT2D eigenvalue weighted by atomic mass is 9.82. The minimum Gasteiger partial charge on any atom is -0.453 e. The third-order valence-electron chi connectivity index (χ3n) is 17.1. The molecule has 1 spiro atoms. The Morgan fingerprint density at radius 3 is 1.94 bits per heavy atom. The van der Waals surface area contributed by atoms with Crippen LogP contribution in [0, 0.1) is 29.1 Å². The van der Waals surface area contributed by atoms with Crippen LogP contribution in [-0.4, -0.2) is 92.8 Å². The molecule has 2 saturated heterocycles. The van der Waals surface area contributed by atoms with Crippen molar-refractivity contribution in [2.24, 2.45) is 29.1 Å². The Morgan fingerprint density at radius 2 is 1.32 bits per heavy atom. The highest BCUT2D eigenvalue weighted by molar-refractivity contribution is 5.88. The second-order valence-electron chi connectivity index (χ2n) is 21.8. The van der Waals surface area contributed by atoms with Crippen molar-refractivity contribution in [1.82, 2.24) is 40.4 Å². The van der Waals surface area contributed by atoms with Crippen LogP contribution in [0.15, 0.2) is 60.8 Å². The first-order valence-electron chi connectivity index (χ1n) is 25.5. The van der Waals surface area contributed by atoms with Gasteiger partial charge in [-0.1, -0.05) is 83.0 Å². The van der Waals surface area contributed by atoms with Crippen LogP contribution in [0.5, 0.6) is 0 Å². The standard InChI is InChI=1S/C55H68N8O5/c1-30(2)46(57-29-67-5)52(64)63-38-17-14-36(24-38)49(63)51-58-43-20-15-34(25-44(43)59-51)40-19-18-39(41-26-55(27-42(40)41)21-7-8-22-55)32-9-11-33(12-10-32)45-28-56-50(60-45)48-35-13-16-37(23-35)62(48)53(65)47(31(3)4)61-54(66)68-6/h9-12,15,18-20,25,28,30-31,35-38,46-49,57H,7-8,13-14,16-17,21-24,26-27,29H2,1-6H3,(H,56,60)(H,58,59)(H,61,66). The van der Waals surface area contributed by atoms with Gasteiger partial charge >= 0.3 is 6.09 Å². The van der Waals surface area contributed by atoms with Gasteiger partial charge in [-0.2, -0.15) is 0 Å². The molecular weight excluding hydrogens is 853 g/mol. The number of hydrogen-bond acceptors (Lipinski definition) is 8. The van der Waals surface area contributed by atoms with E-state index in [9.17, 15) is 14.4 Å². The Labute approximate surface area is 399 Å². The molecule has 4 N–H and O–H groups in total. The molecule has 3 amide bonds. The number of nitrogens with zero attached hydrogens (tertiary/aromatic N) is 4. The van der Waals surface area contributed by atoms with E-state index in [0.717, 1.165) is 85.3 Å². The summed E-state index contributed by atoms with van der Waals surface area (Å²) in [6.45, 7) is 8.44. The number of hydrogen-bond donors (Lipinski definition) is 4. The fraction of sp³-hybridized carbons (Fsp3) is 0.545. The summed E-state index contributed by atoms with van der Waals surface area (Å²) in [6, 6.07) is 19.5. The van der Waals surface area contributed by atoms with Crippen LogP contribution in [0.3, 0.4) is 0 Å². The SMILES string of the molecule is COCNC(C(=O)N1C2CCC(C2)C1c1nc2ccc(-c3ccc(-c4ccc(-c5cnc(C6C7CCC(C7)N6C(=O)C(NC(=O)OC)C(C)C)[nH]5)cc4)c4c3CC3(CCCC3)C4)cc2[nH]1)C(C)C. The topological polar surface area (TPSA) is 158 Å². The lowest BCUT2D eigenvalue weighted by Gasteiger charge is -2.37. The fourth-order valence-corrected chi connectivity index (χ4v) is 13.8. The van der Waals surface area contributed by atoms with Crippen LogP contribution in [0.25, 0.3) is 44.5 Å². The first-order chi connectivity index (χ1) is 32.9. The Bertz CT molecular complexity index is 2720. The maximum absolute atomic E-state index is 14.2. The van der Waals surface area contributed by atoms with Crippen LogP contribution < -0.4 is 10.6 Å². The van der Waals surface area contributed by atoms with Crippen molar-refractivity contribution in [2.45, 2.75) is 141 Å². The van der Waals surface area contributed by atoms with E-state index < -0.39 is 12.1 Å². The van der Waals surface area contributed by atoms with E-state index in [4.69, 9.17) is 19.4 Å². The summed E-state index contributed by atoms with van der Waals surface area (Å²) >= 11 is 0. The van der Waals surface area contributed by atoms with Crippen molar-refractivity contribution in [3.05, 3.63) is 83.6 Å². The third-order valence-corrected chi connectivity index (χ3v) is 17.1. The molecule has 0 radical (unpaired) electrons. The Morgan fingerprint density at radius 1 is 0.735 bits per heavy atom. The van der Waals surface area contributed by atoms with Crippen LogP contribution in [0.1, 0.15) is 127 Å². The summed E-state index contributed by atoms with van der Waals surface area (Å²) in [5.74, 6) is 2.56. The molecule has 4 aliphatic carbocycles. The van der Waals surface area contributed by atoms with Gasteiger partial charge in [0.2, 0.25) is 11.8 Å². The van der Waals surface area contributed by atoms with Gasteiger partial charge in [-0.15, -0.1) is 0 Å². The molecule has 13 nitrogen and oxygen atoms in total. The number of carbonyl (C=O) groups is 3. The Balaban J connectivity index is 0.865. The van der Waals surface area contributed by atoms with Gasteiger partial charge in [0, 0.05) is 19.2 Å². The number of nitrogens with one attached hydrogen (secondary N) is 4. The zero-order valence-electron chi connectivity index (χ0n) is 40.6. The van der Waals surface area contributed by atoms with Crippen molar-refractivity contribution < 1.29 is 23.9 Å². The molecule has 68 heavy (non-hydrogen) atoms. The molecule has 8 atom stereocenters. The molecule has 2 aromatic heterocycles. The summed E-state index contributed by atoms with van der Waals surface area (Å²) in [6.07, 6.45) is 14.8. The highest BCUT2D eigenvalue weighted by Gasteiger charge is 2.53. The molecule has 11 rings (SSSR count). The van der Waals surface area contributed by atoms with Crippen LogP contribution in [0.2, 0.25) is 0 Å². The number of piperidine rings is 2. The van der Waals surface area contributed by atoms with Crippen molar-refractivity contribution in [2.75, 3.05) is 21.0 Å². The van der Waals surface area contributed by atoms with Gasteiger partial charge in [0.25, 0.3) is 0 Å². The third kappa shape index (κ3) is 7.72. The maximum atomic E-state index is 14.2. The van der Waals surface area contributed by atoms with E-state index in [-0.39, 0.29) is 53.9 Å². The molecule has 3 aromatic carbocycles. The first kappa shape index (κ1) is 44.9.